The molecular formula is C16H21N. The lowest BCUT2D eigenvalue weighted by Gasteiger charge is -2.45. The van der Waals surface area contributed by atoms with Gasteiger partial charge >= 0.3 is 0 Å². The first-order valence-corrected chi connectivity index (χ1v) is 6.65. The highest BCUT2D eigenvalue weighted by Crippen LogP contribution is 2.41. The van der Waals surface area contributed by atoms with Crippen LogP contribution in [0.25, 0.3) is 5.57 Å². The van der Waals surface area contributed by atoms with Gasteiger partial charge in [0.05, 0.1) is 0 Å². The van der Waals surface area contributed by atoms with Crippen LogP contribution < -0.4 is 5.32 Å². The fourth-order valence-electron chi connectivity index (χ4n) is 3.17. The topological polar surface area (TPSA) is 12.0 Å². The number of aryl methyl sites for hydroxylation is 2. The average Bonchev–Trinajstić information content (AvgIpc) is 2.26. The van der Waals surface area contributed by atoms with E-state index in [4.69, 9.17) is 0 Å². The summed E-state index contributed by atoms with van der Waals surface area (Å²) in [6, 6.07) is 6.91. The third-order valence-corrected chi connectivity index (χ3v) is 4.30. The highest BCUT2D eigenvalue weighted by atomic mass is 15.0. The van der Waals surface area contributed by atoms with Crippen molar-refractivity contribution in [1.82, 2.24) is 5.32 Å². The largest absolute Gasteiger partial charge is 0.316 e. The van der Waals surface area contributed by atoms with Gasteiger partial charge in [-0.05, 0) is 49.7 Å². The molecule has 0 unspecified atom stereocenters. The normalized spacial score (nSPS) is 22.1. The predicted octanol–water partition coefficient (Wildman–Crippen LogP) is 3.46. The smallest absolute Gasteiger partial charge is 0.00233 e. The Labute approximate surface area is 104 Å². The van der Waals surface area contributed by atoms with Crippen molar-refractivity contribution in [3.05, 3.63) is 41.0 Å². The Morgan fingerprint density at radius 2 is 1.76 bits per heavy atom. The van der Waals surface area contributed by atoms with Crippen LogP contribution in [0.3, 0.4) is 0 Å². The summed E-state index contributed by atoms with van der Waals surface area (Å²) >= 11 is 0. The maximum Gasteiger partial charge on any atom is 0.00233 e. The van der Waals surface area contributed by atoms with E-state index in [1.54, 1.807) is 5.57 Å². The first-order chi connectivity index (χ1) is 8.17. The Bertz CT molecular complexity index is 446. The fraction of sp³-hybridized carbons (Fsp3) is 0.500. The lowest BCUT2D eigenvalue weighted by Crippen LogP contribution is -2.53. The lowest BCUT2D eigenvalue weighted by atomic mass is 9.70. The van der Waals surface area contributed by atoms with Gasteiger partial charge in [0.25, 0.3) is 0 Å². The first kappa shape index (κ1) is 11.0. The van der Waals surface area contributed by atoms with E-state index in [1.807, 2.05) is 0 Å². The van der Waals surface area contributed by atoms with Crippen LogP contribution in [0.15, 0.2) is 24.3 Å². The highest BCUT2D eigenvalue weighted by Gasteiger charge is 2.37. The molecule has 1 heterocycles. The molecule has 1 aromatic carbocycles. The second kappa shape index (κ2) is 3.99. The van der Waals surface area contributed by atoms with Crippen molar-refractivity contribution in [2.24, 2.45) is 5.41 Å². The molecule has 17 heavy (non-hydrogen) atoms. The molecule has 0 atom stereocenters. The van der Waals surface area contributed by atoms with Gasteiger partial charge in [-0.15, -0.1) is 0 Å². The molecule has 1 heteroatoms. The van der Waals surface area contributed by atoms with Crippen molar-refractivity contribution >= 4 is 5.57 Å². The molecule has 1 fully saturated rings. The predicted molar refractivity (Wildman–Crippen MR) is 73.0 cm³/mol. The number of nitrogens with one attached hydrogen (secondary N) is 1. The van der Waals surface area contributed by atoms with Crippen molar-refractivity contribution in [3.8, 4) is 0 Å². The summed E-state index contributed by atoms with van der Waals surface area (Å²) in [6.07, 6.45) is 6.37. The van der Waals surface area contributed by atoms with Gasteiger partial charge in [-0.3, -0.25) is 0 Å². The summed E-state index contributed by atoms with van der Waals surface area (Å²) in [5.74, 6) is 0. The number of rotatable bonds is 1. The molecule has 1 N–H and O–H groups in total. The molecule has 0 amide bonds. The minimum Gasteiger partial charge on any atom is -0.316 e. The van der Waals surface area contributed by atoms with Gasteiger partial charge in [0.2, 0.25) is 0 Å². The molecule has 1 aromatic rings. The SMILES string of the molecule is Cc1cc(C)cc(C2=CCC3(CC2)CNC3)c1. The zero-order valence-electron chi connectivity index (χ0n) is 10.8. The minimum atomic E-state index is 0.613. The van der Waals surface area contributed by atoms with Crippen LogP contribution in [-0.2, 0) is 0 Å². The standard InChI is InChI=1S/C16H21N/c1-12-7-13(2)9-15(8-12)14-3-5-16(6-4-14)10-17-11-16/h3,7-9,17H,4-6,10-11H2,1-2H3. The summed E-state index contributed by atoms with van der Waals surface area (Å²) in [7, 11) is 0. The Morgan fingerprint density at radius 1 is 1.06 bits per heavy atom. The Balaban J connectivity index is 1.85. The number of hydrogen-bond acceptors (Lipinski definition) is 1. The second-order valence-corrected chi connectivity index (χ2v) is 5.91. The van der Waals surface area contributed by atoms with Crippen LogP contribution in [0, 0.1) is 19.3 Å². The minimum absolute atomic E-state index is 0.613. The van der Waals surface area contributed by atoms with E-state index in [0.717, 1.165) is 0 Å². The van der Waals surface area contributed by atoms with Crippen molar-refractivity contribution < 1.29 is 0 Å². The summed E-state index contributed by atoms with van der Waals surface area (Å²) in [5.41, 5.74) is 6.39. The lowest BCUT2D eigenvalue weighted by molar-refractivity contribution is 0.153. The zero-order chi connectivity index (χ0) is 11.9. The van der Waals surface area contributed by atoms with Crippen molar-refractivity contribution in [3.63, 3.8) is 0 Å². The molecule has 0 aromatic heterocycles. The van der Waals surface area contributed by atoms with E-state index in [9.17, 15) is 0 Å². The fourth-order valence-corrected chi connectivity index (χ4v) is 3.17. The molecular weight excluding hydrogens is 206 g/mol. The number of allylic oxidation sites excluding steroid dienone is 2. The van der Waals surface area contributed by atoms with E-state index in [1.165, 1.54) is 49.0 Å². The molecule has 0 saturated carbocycles. The quantitative estimate of drug-likeness (QED) is 0.774. The van der Waals surface area contributed by atoms with Gasteiger partial charge in [-0.25, -0.2) is 0 Å². The van der Waals surface area contributed by atoms with Crippen molar-refractivity contribution in [2.75, 3.05) is 13.1 Å². The summed E-state index contributed by atoms with van der Waals surface area (Å²) in [4.78, 5) is 0. The van der Waals surface area contributed by atoms with Crippen LogP contribution in [0.1, 0.15) is 36.0 Å². The molecule has 90 valence electrons. The molecule has 3 rings (SSSR count). The van der Waals surface area contributed by atoms with Crippen molar-refractivity contribution in [2.45, 2.75) is 33.1 Å². The molecule has 1 spiro atoms. The van der Waals surface area contributed by atoms with E-state index < -0.39 is 0 Å². The number of hydrogen-bond donors (Lipinski definition) is 1. The van der Waals surface area contributed by atoms with E-state index >= 15 is 0 Å². The number of benzene rings is 1. The van der Waals surface area contributed by atoms with E-state index in [0.29, 0.717) is 5.41 Å². The van der Waals surface area contributed by atoms with Gasteiger partial charge in [0, 0.05) is 13.1 Å². The van der Waals surface area contributed by atoms with Crippen LogP contribution in [0.4, 0.5) is 0 Å². The Morgan fingerprint density at radius 3 is 2.24 bits per heavy atom. The van der Waals surface area contributed by atoms with Gasteiger partial charge in [0.1, 0.15) is 0 Å². The molecule has 0 radical (unpaired) electrons. The van der Waals surface area contributed by atoms with Crippen LogP contribution >= 0.6 is 0 Å². The summed E-state index contributed by atoms with van der Waals surface area (Å²) in [5, 5.41) is 3.42. The average molecular weight is 227 g/mol. The Hall–Kier alpha value is -1.08. The molecule has 1 saturated heterocycles. The molecule has 2 aliphatic rings. The third kappa shape index (κ3) is 2.04. The molecule has 1 nitrogen and oxygen atoms in total. The molecule has 1 aliphatic carbocycles. The van der Waals surface area contributed by atoms with E-state index in [2.05, 4.69) is 43.4 Å². The van der Waals surface area contributed by atoms with Gasteiger partial charge in [-0.2, -0.15) is 0 Å². The van der Waals surface area contributed by atoms with Crippen LogP contribution in [0.2, 0.25) is 0 Å². The molecule has 0 bridgehead atoms. The maximum absolute atomic E-state index is 3.42. The van der Waals surface area contributed by atoms with Crippen LogP contribution in [0.5, 0.6) is 0 Å². The monoisotopic (exact) mass is 227 g/mol. The zero-order valence-corrected chi connectivity index (χ0v) is 10.8. The van der Waals surface area contributed by atoms with Crippen LogP contribution in [-0.4, -0.2) is 13.1 Å². The third-order valence-electron chi connectivity index (χ3n) is 4.30. The molecule has 1 aliphatic heterocycles. The van der Waals surface area contributed by atoms with Crippen molar-refractivity contribution in [1.29, 1.82) is 0 Å². The van der Waals surface area contributed by atoms with Gasteiger partial charge in [0.15, 0.2) is 0 Å². The summed E-state index contributed by atoms with van der Waals surface area (Å²) < 4.78 is 0. The second-order valence-electron chi connectivity index (χ2n) is 5.91. The Kier molecular flexibility index (Phi) is 2.59. The maximum atomic E-state index is 3.42. The highest BCUT2D eigenvalue weighted by molar-refractivity contribution is 5.67. The first-order valence-electron chi connectivity index (χ1n) is 6.65. The summed E-state index contributed by atoms with van der Waals surface area (Å²) in [6.45, 7) is 6.84. The van der Waals surface area contributed by atoms with Gasteiger partial charge < -0.3 is 5.32 Å². The van der Waals surface area contributed by atoms with E-state index in [-0.39, 0.29) is 0 Å². The van der Waals surface area contributed by atoms with Gasteiger partial charge in [-0.1, -0.05) is 35.4 Å².